The summed E-state index contributed by atoms with van der Waals surface area (Å²) in [6.45, 7) is 1.56. The average Bonchev–Trinajstić information content (AvgIpc) is 2.07. The number of Topliss-reactive ketones (excluding diaryl/α,β-unsaturated/α-hetero) is 1. The van der Waals surface area contributed by atoms with E-state index in [0.29, 0.717) is 18.5 Å². The van der Waals surface area contributed by atoms with Crippen molar-refractivity contribution in [3.05, 3.63) is 23.8 Å². The van der Waals surface area contributed by atoms with Crippen molar-refractivity contribution in [1.82, 2.24) is 0 Å². The van der Waals surface area contributed by atoms with Crippen molar-refractivity contribution >= 4 is 11.5 Å². The second kappa shape index (κ2) is 3.94. The van der Waals surface area contributed by atoms with Crippen molar-refractivity contribution in [3.63, 3.8) is 0 Å². The predicted molar refractivity (Wildman–Crippen MR) is 51.5 cm³/mol. The van der Waals surface area contributed by atoms with Gasteiger partial charge < -0.3 is 15.6 Å². The Hall–Kier alpha value is -1.51. The van der Waals surface area contributed by atoms with E-state index in [2.05, 4.69) is 0 Å². The molecule has 0 unspecified atom stereocenters. The second-order valence-electron chi connectivity index (χ2n) is 3.10. The van der Waals surface area contributed by atoms with Crippen LogP contribution in [0, 0.1) is 0 Å². The Bertz CT molecular complexity index is 321. The zero-order valence-electron chi connectivity index (χ0n) is 7.58. The van der Waals surface area contributed by atoms with Gasteiger partial charge in [-0.1, -0.05) is 6.07 Å². The Balaban J connectivity index is 2.68. The van der Waals surface area contributed by atoms with Gasteiger partial charge in [0.1, 0.15) is 11.5 Å². The summed E-state index contributed by atoms with van der Waals surface area (Å²) in [6, 6.07) is 5.01. The minimum absolute atomic E-state index is 0.0894. The maximum Gasteiger partial charge on any atom is 0.138 e. The van der Waals surface area contributed by atoms with E-state index < -0.39 is 0 Å². The lowest BCUT2D eigenvalue weighted by Crippen LogP contribution is -1.95. The Labute approximate surface area is 77.2 Å². The molecule has 3 heteroatoms. The number of nitrogens with two attached hydrogens (primary N) is 1. The Kier molecular flexibility index (Phi) is 2.90. The van der Waals surface area contributed by atoms with Gasteiger partial charge in [0.25, 0.3) is 0 Å². The number of aromatic hydroxyl groups is 1. The number of anilines is 1. The highest BCUT2D eigenvalue weighted by Gasteiger charge is 2.00. The number of phenols is 1. The molecule has 70 valence electrons. The molecule has 1 aromatic carbocycles. The smallest absolute Gasteiger partial charge is 0.138 e. The van der Waals surface area contributed by atoms with E-state index in [0.717, 1.165) is 5.56 Å². The van der Waals surface area contributed by atoms with Crippen LogP contribution in [0.2, 0.25) is 0 Å². The van der Waals surface area contributed by atoms with Crippen LogP contribution in [-0.4, -0.2) is 10.9 Å². The van der Waals surface area contributed by atoms with Crippen molar-refractivity contribution in [2.75, 3.05) is 5.73 Å². The summed E-state index contributed by atoms with van der Waals surface area (Å²) in [5.74, 6) is 0.248. The summed E-state index contributed by atoms with van der Waals surface area (Å²) in [7, 11) is 0. The number of hydrogen-bond acceptors (Lipinski definition) is 3. The molecule has 0 saturated carbocycles. The monoisotopic (exact) mass is 179 g/mol. The summed E-state index contributed by atoms with van der Waals surface area (Å²) in [5, 5.41) is 9.13. The molecular weight excluding hydrogens is 166 g/mol. The van der Waals surface area contributed by atoms with Crippen LogP contribution in [0.1, 0.15) is 18.9 Å². The van der Waals surface area contributed by atoms with Gasteiger partial charge in [0, 0.05) is 6.42 Å². The van der Waals surface area contributed by atoms with Gasteiger partial charge in [-0.15, -0.1) is 0 Å². The van der Waals surface area contributed by atoms with Crippen molar-refractivity contribution in [2.45, 2.75) is 19.8 Å². The number of benzene rings is 1. The molecule has 1 aromatic rings. The number of nitrogen functional groups attached to an aromatic ring is 1. The topological polar surface area (TPSA) is 63.3 Å². The van der Waals surface area contributed by atoms with Gasteiger partial charge in [0.05, 0.1) is 5.69 Å². The van der Waals surface area contributed by atoms with E-state index in [9.17, 15) is 4.79 Å². The summed E-state index contributed by atoms with van der Waals surface area (Å²) in [4.78, 5) is 10.7. The van der Waals surface area contributed by atoms with Crippen molar-refractivity contribution in [1.29, 1.82) is 0 Å². The van der Waals surface area contributed by atoms with Gasteiger partial charge in [0.2, 0.25) is 0 Å². The first-order valence-corrected chi connectivity index (χ1v) is 4.16. The fourth-order valence-electron chi connectivity index (χ4n) is 1.08. The molecule has 0 aliphatic rings. The summed E-state index contributed by atoms with van der Waals surface area (Å²) in [6.07, 6.45) is 1.20. The third-order valence-corrected chi connectivity index (χ3v) is 1.86. The Morgan fingerprint density at radius 1 is 1.54 bits per heavy atom. The second-order valence-corrected chi connectivity index (χ2v) is 3.10. The van der Waals surface area contributed by atoms with Crippen molar-refractivity contribution < 1.29 is 9.90 Å². The maximum absolute atomic E-state index is 10.7. The SMILES string of the molecule is CC(=O)CCc1ccc(O)c(N)c1. The van der Waals surface area contributed by atoms with E-state index in [1.54, 1.807) is 25.1 Å². The molecular formula is C10H13NO2. The third kappa shape index (κ3) is 2.78. The first kappa shape index (κ1) is 9.58. The molecule has 3 nitrogen and oxygen atoms in total. The van der Waals surface area contributed by atoms with Gasteiger partial charge in [0.15, 0.2) is 0 Å². The Morgan fingerprint density at radius 3 is 2.77 bits per heavy atom. The first-order valence-electron chi connectivity index (χ1n) is 4.16. The molecule has 0 aliphatic carbocycles. The minimum atomic E-state index is 0.0894. The summed E-state index contributed by atoms with van der Waals surface area (Å²) < 4.78 is 0. The van der Waals surface area contributed by atoms with Crippen LogP contribution in [0.4, 0.5) is 5.69 Å². The first-order chi connectivity index (χ1) is 6.09. The number of carbonyl (C=O) groups excluding carboxylic acids is 1. The summed E-state index contributed by atoms with van der Waals surface area (Å²) >= 11 is 0. The Morgan fingerprint density at radius 2 is 2.23 bits per heavy atom. The standard InChI is InChI=1S/C10H13NO2/c1-7(12)2-3-8-4-5-10(13)9(11)6-8/h4-6,13H,2-3,11H2,1H3. The molecule has 0 aliphatic heterocycles. The van der Waals surface area contributed by atoms with E-state index in [1.807, 2.05) is 0 Å². The highest BCUT2D eigenvalue weighted by atomic mass is 16.3. The largest absolute Gasteiger partial charge is 0.506 e. The highest BCUT2D eigenvalue weighted by Crippen LogP contribution is 2.20. The molecule has 3 N–H and O–H groups in total. The van der Waals surface area contributed by atoms with E-state index in [-0.39, 0.29) is 11.5 Å². The number of rotatable bonds is 3. The molecule has 0 aromatic heterocycles. The molecule has 0 radical (unpaired) electrons. The molecule has 0 bridgehead atoms. The van der Waals surface area contributed by atoms with Crippen molar-refractivity contribution in [3.8, 4) is 5.75 Å². The number of ketones is 1. The maximum atomic E-state index is 10.7. The zero-order chi connectivity index (χ0) is 9.84. The molecule has 0 saturated heterocycles. The number of phenolic OH excluding ortho intramolecular Hbond substituents is 1. The van der Waals surface area contributed by atoms with Gasteiger partial charge >= 0.3 is 0 Å². The van der Waals surface area contributed by atoms with Crippen LogP contribution in [-0.2, 0) is 11.2 Å². The van der Waals surface area contributed by atoms with E-state index in [4.69, 9.17) is 10.8 Å². The lowest BCUT2D eigenvalue weighted by molar-refractivity contribution is -0.116. The third-order valence-electron chi connectivity index (χ3n) is 1.86. The molecule has 1 rings (SSSR count). The van der Waals surface area contributed by atoms with Crippen LogP contribution in [0.25, 0.3) is 0 Å². The average molecular weight is 179 g/mol. The molecule has 0 atom stereocenters. The molecule has 0 heterocycles. The number of hydrogen-bond donors (Lipinski definition) is 2. The lowest BCUT2D eigenvalue weighted by atomic mass is 10.1. The molecule has 13 heavy (non-hydrogen) atoms. The van der Waals surface area contributed by atoms with Crippen LogP contribution < -0.4 is 5.73 Å². The summed E-state index contributed by atoms with van der Waals surface area (Å²) in [5.41, 5.74) is 6.83. The number of aryl methyl sites for hydroxylation is 1. The van der Waals surface area contributed by atoms with Gasteiger partial charge in [-0.3, -0.25) is 0 Å². The van der Waals surface area contributed by atoms with Crippen LogP contribution in [0.3, 0.4) is 0 Å². The van der Waals surface area contributed by atoms with Crippen LogP contribution >= 0.6 is 0 Å². The van der Waals surface area contributed by atoms with Crippen molar-refractivity contribution in [2.24, 2.45) is 0 Å². The fraction of sp³-hybridized carbons (Fsp3) is 0.300. The van der Waals surface area contributed by atoms with Crippen LogP contribution in [0.5, 0.6) is 5.75 Å². The molecule has 0 amide bonds. The van der Waals surface area contributed by atoms with Crippen LogP contribution in [0.15, 0.2) is 18.2 Å². The fourth-order valence-corrected chi connectivity index (χ4v) is 1.08. The van der Waals surface area contributed by atoms with Gasteiger partial charge in [-0.2, -0.15) is 0 Å². The molecule has 0 fully saturated rings. The van der Waals surface area contributed by atoms with E-state index >= 15 is 0 Å². The van der Waals surface area contributed by atoms with Gasteiger partial charge in [-0.05, 0) is 31.0 Å². The highest BCUT2D eigenvalue weighted by molar-refractivity contribution is 5.75. The lowest BCUT2D eigenvalue weighted by Gasteiger charge is -2.02. The predicted octanol–water partition coefficient (Wildman–Crippen LogP) is 1.50. The minimum Gasteiger partial charge on any atom is -0.506 e. The van der Waals surface area contributed by atoms with Gasteiger partial charge in [-0.25, -0.2) is 0 Å². The van der Waals surface area contributed by atoms with E-state index in [1.165, 1.54) is 0 Å². The zero-order valence-corrected chi connectivity index (χ0v) is 7.58. The quantitative estimate of drug-likeness (QED) is 0.546. The number of carbonyl (C=O) groups is 1. The molecule has 0 spiro atoms. The normalized spacial score (nSPS) is 9.92.